The Morgan fingerprint density at radius 1 is 1.31 bits per heavy atom. The zero-order valence-corrected chi connectivity index (χ0v) is 7.44. The predicted octanol–water partition coefficient (Wildman–Crippen LogP) is 2.85. The zero-order valence-electron chi connectivity index (χ0n) is 7.44. The van der Waals surface area contributed by atoms with E-state index in [1.807, 2.05) is 36.4 Å². The highest BCUT2D eigenvalue weighted by Gasteiger charge is 1.92. The zero-order chi connectivity index (χ0) is 9.52. The van der Waals surface area contributed by atoms with Gasteiger partial charge in [-0.3, -0.25) is 4.79 Å². The van der Waals surface area contributed by atoms with Crippen LogP contribution in [0.15, 0.2) is 48.6 Å². The van der Waals surface area contributed by atoms with Crippen LogP contribution in [0.25, 0.3) is 6.08 Å². The van der Waals surface area contributed by atoms with E-state index in [0.717, 1.165) is 17.4 Å². The number of carbonyl (C=O) groups excluding carboxylic acids is 1. The molecule has 0 saturated heterocycles. The van der Waals surface area contributed by atoms with Crippen molar-refractivity contribution in [2.75, 3.05) is 0 Å². The highest BCUT2D eigenvalue weighted by atomic mass is 16.1. The van der Waals surface area contributed by atoms with E-state index in [0.29, 0.717) is 6.42 Å². The molecule has 0 aliphatic carbocycles. The van der Waals surface area contributed by atoms with Gasteiger partial charge in [0.2, 0.25) is 0 Å². The van der Waals surface area contributed by atoms with Crippen LogP contribution < -0.4 is 0 Å². The van der Waals surface area contributed by atoms with Crippen molar-refractivity contribution >= 4 is 12.4 Å². The minimum atomic E-state index is 0.623. The van der Waals surface area contributed by atoms with E-state index in [1.165, 1.54) is 0 Å². The lowest BCUT2D eigenvalue weighted by atomic mass is 10.1. The summed E-state index contributed by atoms with van der Waals surface area (Å²) in [6.07, 6.45) is 5.09. The van der Waals surface area contributed by atoms with Crippen molar-refractivity contribution in [3.63, 3.8) is 0 Å². The third-order valence-corrected chi connectivity index (χ3v) is 1.68. The molecule has 0 amide bonds. The number of hydrogen-bond acceptors (Lipinski definition) is 1. The molecule has 13 heavy (non-hydrogen) atoms. The van der Waals surface area contributed by atoms with Gasteiger partial charge in [0.05, 0.1) is 0 Å². The average Bonchev–Trinajstić information content (AvgIpc) is 2.19. The van der Waals surface area contributed by atoms with Crippen LogP contribution in [0.3, 0.4) is 0 Å². The number of rotatable bonds is 4. The molecule has 1 nitrogen and oxygen atoms in total. The fourth-order valence-corrected chi connectivity index (χ4v) is 1.07. The molecular weight excluding hydrogens is 160 g/mol. The molecule has 66 valence electrons. The molecule has 0 saturated carbocycles. The van der Waals surface area contributed by atoms with Crippen molar-refractivity contribution < 1.29 is 4.79 Å². The number of carbonyl (C=O) groups is 1. The van der Waals surface area contributed by atoms with Crippen molar-refractivity contribution in [3.8, 4) is 0 Å². The highest BCUT2D eigenvalue weighted by molar-refractivity contribution is 5.81. The summed E-state index contributed by atoms with van der Waals surface area (Å²) in [5.41, 5.74) is 1.80. The number of allylic oxidation sites excluding steroid dienone is 2. The van der Waals surface area contributed by atoms with Crippen LogP contribution in [0.5, 0.6) is 0 Å². The number of aldehydes is 1. The van der Waals surface area contributed by atoms with Crippen LogP contribution in [0, 0.1) is 0 Å². The van der Waals surface area contributed by atoms with Crippen LogP contribution in [0.2, 0.25) is 0 Å². The van der Waals surface area contributed by atoms with E-state index in [-0.39, 0.29) is 0 Å². The molecule has 0 bridgehead atoms. The Morgan fingerprint density at radius 2 is 2.00 bits per heavy atom. The quantitative estimate of drug-likeness (QED) is 0.388. The summed E-state index contributed by atoms with van der Waals surface area (Å²) in [5.74, 6) is 0. The van der Waals surface area contributed by atoms with Gasteiger partial charge in [0.1, 0.15) is 6.29 Å². The van der Waals surface area contributed by atoms with E-state index in [1.54, 1.807) is 6.08 Å². The normalized spacial score (nSPS) is 10.9. The Balaban J connectivity index is 2.84. The summed E-state index contributed by atoms with van der Waals surface area (Å²) in [6, 6.07) is 9.77. The molecule has 0 radical (unpaired) electrons. The molecule has 1 aromatic carbocycles. The molecule has 0 fully saturated rings. The average molecular weight is 172 g/mol. The molecule has 0 heterocycles. The first-order valence-corrected chi connectivity index (χ1v) is 4.18. The largest absolute Gasteiger partial charge is 0.298 e. The summed E-state index contributed by atoms with van der Waals surface area (Å²) in [5, 5.41) is 0. The van der Waals surface area contributed by atoms with Gasteiger partial charge in [-0.15, -0.1) is 6.58 Å². The molecule has 0 spiro atoms. The number of hydrogen-bond donors (Lipinski definition) is 0. The van der Waals surface area contributed by atoms with Gasteiger partial charge in [-0.25, -0.2) is 0 Å². The molecule has 0 unspecified atom stereocenters. The molecule has 0 N–H and O–H groups in total. The minimum Gasteiger partial charge on any atom is -0.298 e. The second kappa shape index (κ2) is 5.09. The summed E-state index contributed by atoms with van der Waals surface area (Å²) >= 11 is 0. The maximum absolute atomic E-state index is 10.6. The first-order valence-electron chi connectivity index (χ1n) is 4.18. The summed E-state index contributed by atoms with van der Waals surface area (Å²) in [7, 11) is 0. The maximum atomic E-state index is 10.6. The van der Waals surface area contributed by atoms with Gasteiger partial charge >= 0.3 is 0 Å². The standard InChI is InChI=1S/C12H12O/c1-2-6-12(10-13)9-11-7-4-3-5-8-11/h2-5,7-10H,1,6H2/b12-9+. The van der Waals surface area contributed by atoms with Crippen molar-refractivity contribution in [3.05, 3.63) is 54.1 Å². The Labute approximate surface area is 78.4 Å². The van der Waals surface area contributed by atoms with E-state index in [4.69, 9.17) is 0 Å². The predicted molar refractivity (Wildman–Crippen MR) is 55.3 cm³/mol. The highest BCUT2D eigenvalue weighted by Crippen LogP contribution is 2.07. The fraction of sp³-hybridized carbons (Fsp3) is 0.0833. The maximum Gasteiger partial charge on any atom is 0.146 e. The Bertz CT molecular complexity index is 309. The van der Waals surface area contributed by atoms with E-state index in [2.05, 4.69) is 6.58 Å². The van der Waals surface area contributed by atoms with E-state index >= 15 is 0 Å². The Kier molecular flexibility index (Phi) is 3.71. The summed E-state index contributed by atoms with van der Waals surface area (Å²) in [6.45, 7) is 3.59. The molecule has 0 aromatic heterocycles. The molecule has 1 heteroatoms. The Hall–Kier alpha value is -1.63. The second-order valence-corrected chi connectivity index (χ2v) is 2.74. The summed E-state index contributed by atoms with van der Waals surface area (Å²) < 4.78 is 0. The van der Waals surface area contributed by atoms with E-state index in [9.17, 15) is 4.79 Å². The third kappa shape index (κ3) is 3.08. The lowest BCUT2D eigenvalue weighted by Gasteiger charge is -1.95. The third-order valence-electron chi connectivity index (χ3n) is 1.68. The van der Waals surface area contributed by atoms with E-state index < -0.39 is 0 Å². The van der Waals surface area contributed by atoms with Crippen molar-refractivity contribution in [2.45, 2.75) is 6.42 Å². The van der Waals surface area contributed by atoms with Crippen molar-refractivity contribution in [1.82, 2.24) is 0 Å². The lowest BCUT2D eigenvalue weighted by molar-refractivity contribution is -0.104. The minimum absolute atomic E-state index is 0.623. The first kappa shape index (κ1) is 9.46. The molecule has 0 aliphatic heterocycles. The van der Waals surface area contributed by atoms with Crippen LogP contribution in [-0.4, -0.2) is 6.29 Å². The monoisotopic (exact) mass is 172 g/mol. The molecule has 1 rings (SSSR count). The SMILES string of the molecule is C=CC/C(C=O)=C\c1ccccc1. The van der Waals surface area contributed by atoms with Gasteiger partial charge in [-0.1, -0.05) is 36.4 Å². The molecular formula is C12H12O. The van der Waals surface area contributed by atoms with Crippen LogP contribution in [0.1, 0.15) is 12.0 Å². The van der Waals surface area contributed by atoms with Crippen LogP contribution in [0.4, 0.5) is 0 Å². The smallest absolute Gasteiger partial charge is 0.146 e. The van der Waals surface area contributed by atoms with Gasteiger partial charge in [-0.05, 0) is 23.6 Å². The molecule has 0 atom stereocenters. The topological polar surface area (TPSA) is 17.1 Å². The molecule has 0 aliphatic rings. The van der Waals surface area contributed by atoms with Crippen molar-refractivity contribution in [1.29, 1.82) is 0 Å². The van der Waals surface area contributed by atoms with Crippen molar-refractivity contribution in [2.24, 2.45) is 0 Å². The lowest BCUT2D eigenvalue weighted by Crippen LogP contribution is -1.82. The van der Waals surface area contributed by atoms with Gasteiger partial charge in [-0.2, -0.15) is 0 Å². The van der Waals surface area contributed by atoms with Gasteiger partial charge in [0, 0.05) is 0 Å². The van der Waals surface area contributed by atoms with Gasteiger partial charge < -0.3 is 0 Å². The summed E-state index contributed by atoms with van der Waals surface area (Å²) in [4.78, 5) is 10.6. The molecule has 1 aromatic rings. The van der Waals surface area contributed by atoms with Gasteiger partial charge in [0.25, 0.3) is 0 Å². The van der Waals surface area contributed by atoms with Crippen LogP contribution >= 0.6 is 0 Å². The van der Waals surface area contributed by atoms with Gasteiger partial charge in [0.15, 0.2) is 0 Å². The number of benzene rings is 1. The second-order valence-electron chi connectivity index (χ2n) is 2.74. The Morgan fingerprint density at radius 3 is 2.54 bits per heavy atom. The first-order chi connectivity index (χ1) is 6.36. The fourth-order valence-electron chi connectivity index (χ4n) is 1.07. The van der Waals surface area contributed by atoms with Crippen LogP contribution in [-0.2, 0) is 4.79 Å².